The first-order valence-corrected chi connectivity index (χ1v) is 12.6. The number of benzene rings is 2. The molecule has 2 atom stereocenters. The predicted molar refractivity (Wildman–Crippen MR) is 123 cm³/mol. The van der Waals surface area contributed by atoms with E-state index >= 15 is 0 Å². The third-order valence-electron chi connectivity index (χ3n) is 5.56. The Morgan fingerprint density at radius 1 is 1.09 bits per heavy atom. The van der Waals surface area contributed by atoms with E-state index in [4.69, 9.17) is 9.47 Å². The van der Waals surface area contributed by atoms with E-state index in [0.717, 1.165) is 5.56 Å². The Kier molecular flexibility index (Phi) is 8.15. The van der Waals surface area contributed by atoms with E-state index in [2.05, 4.69) is 5.32 Å². The first kappa shape index (κ1) is 24.1. The van der Waals surface area contributed by atoms with Gasteiger partial charge in [0.2, 0.25) is 15.9 Å². The van der Waals surface area contributed by atoms with E-state index in [0.29, 0.717) is 44.1 Å². The van der Waals surface area contributed by atoms with Gasteiger partial charge in [-0.25, -0.2) is 8.42 Å². The smallest absolute Gasteiger partial charge is 0.243 e. The van der Waals surface area contributed by atoms with Gasteiger partial charge < -0.3 is 14.8 Å². The van der Waals surface area contributed by atoms with Crippen molar-refractivity contribution in [3.63, 3.8) is 0 Å². The number of hydrogen-bond donors (Lipinski definition) is 1. The van der Waals surface area contributed by atoms with Crippen LogP contribution in [0.15, 0.2) is 53.4 Å². The zero-order chi connectivity index (χ0) is 23.1. The molecule has 1 amide bonds. The molecule has 1 fully saturated rings. The van der Waals surface area contributed by atoms with Crippen molar-refractivity contribution in [1.29, 1.82) is 0 Å². The molecular weight excluding hydrogens is 428 g/mol. The van der Waals surface area contributed by atoms with Gasteiger partial charge in [-0.05, 0) is 63.4 Å². The minimum absolute atomic E-state index is 0.141. The fourth-order valence-corrected chi connectivity index (χ4v) is 5.41. The highest BCUT2D eigenvalue weighted by atomic mass is 32.2. The summed E-state index contributed by atoms with van der Waals surface area (Å²) in [6.45, 7) is 7.39. The second-order valence-corrected chi connectivity index (χ2v) is 9.76. The highest BCUT2D eigenvalue weighted by Crippen LogP contribution is 2.31. The first-order valence-electron chi connectivity index (χ1n) is 11.1. The molecule has 1 N–H and O–H groups in total. The molecule has 0 bridgehead atoms. The SMILES string of the molecule is CCOc1ccc([C@@H](C)NC(=O)[C@@H]2CCCN(S(=O)(=O)c3ccccc3)C2)cc1OCC. The highest BCUT2D eigenvalue weighted by molar-refractivity contribution is 7.89. The zero-order valence-corrected chi connectivity index (χ0v) is 19.7. The van der Waals surface area contributed by atoms with Crippen LogP contribution in [0.4, 0.5) is 0 Å². The molecule has 1 aliphatic heterocycles. The summed E-state index contributed by atoms with van der Waals surface area (Å²) < 4.78 is 38.6. The third kappa shape index (κ3) is 5.61. The van der Waals surface area contributed by atoms with Crippen LogP contribution in [0.25, 0.3) is 0 Å². The molecule has 1 saturated heterocycles. The van der Waals surface area contributed by atoms with Gasteiger partial charge in [-0.3, -0.25) is 4.79 Å². The molecule has 3 rings (SSSR count). The van der Waals surface area contributed by atoms with Crippen molar-refractivity contribution in [1.82, 2.24) is 9.62 Å². The number of hydrogen-bond acceptors (Lipinski definition) is 5. The van der Waals surface area contributed by atoms with E-state index in [-0.39, 0.29) is 23.4 Å². The lowest BCUT2D eigenvalue weighted by Gasteiger charge is -2.32. The molecule has 0 saturated carbocycles. The van der Waals surface area contributed by atoms with Crippen molar-refractivity contribution in [2.45, 2.75) is 44.6 Å². The largest absolute Gasteiger partial charge is 0.490 e. The molecule has 8 heteroatoms. The second kappa shape index (κ2) is 10.8. The maximum atomic E-state index is 13.0. The average molecular weight is 461 g/mol. The standard InChI is InChI=1S/C24H32N2O5S/c1-4-30-22-14-13-19(16-23(22)31-5-2)18(3)25-24(27)20-10-9-15-26(17-20)32(28,29)21-11-7-6-8-12-21/h6-8,11-14,16,18,20H,4-5,9-10,15,17H2,1-3H3,(H,25,27)/t18-,20-/m1/s1. The molecule has 32 heavy (non-hydrogen) atoms. The van der Waals surface area contributed by atoms with Crippen molar-refractivity contribution in [3.05, 3.63) is 54.1 Å². The number of carbonyl (C=O) groups is 1. The molecule has 1 heterocycles. The number of carbonyl (C=O) groups excluding carboxylic acids is 1. The molecular formula is C24H32N2O5S. The maximum absolute atomic E-state index is 13.0. The molecule has 2 aromatic rings. The van der Waals surface area contributed by atoms with Gasteiger partial charge in [0, 0.05) is 13.1 Å². The fraction of sp³-hybridized carbons (Fsp3) is 0.458. The van der Waals surface area contributed by atoms with Gasteiger partial charge in [-0.15, -0.1) is 0 Å². The van der Waals surface area contributed by atoms with Gasteiger partial charge >= 0.3 is 0 Å². The normalized spacial score (nSPS) is 18.0. The van der Waals surface area contributed by atoms with Crippen LogP contribution in [0.1, 0.15) is 45.2 Å². The topological polar surface area (TPSA) is 84.9 Å². The summed E-state index contributed by atoms with van der Waals surface area (Å²) in [7, 11) is -3.61. The van der Waals surface area contributed by atoms with Crippen molar-refractivity contribution >= 4 is 15.9 Å². The van der Waals surface area contributed by atoms with Crippen LogP contribution in [-0.2, 0) is 14.8 Å². The molecule has 0 aromatic heterocycles. The van der Waals surface area contributed by atoms with E-state index in [1.165, 1.54) is 4.31 Å². The number of sulfonamides is 1. The minimum Gasteiger partial charge on any atom is -0.490 e. The summed E-state index contributed by atoms with van der Waals surface area (Å²) in [5.41, 5.74) is 0.898. The van der Waals surface area contributed by atoms with Gasteiger partial charge in [-0.2, -0.15) is 4.31 Å². The maximum Gasteiger partial charge on any atom is 0.243 e. The Bertz CT molecular complexity index is 1010. The van der Waals surface area contributed by atoms with E-state index in [1.807, 2.05) is 39.0 Å². The van der Waals surface area contributed by atoms with Crippen molar-refractivity contribution in [2.75, 3.05) is 26.3 Å². The van der Waals surface area contributed by atoms with Gasteiger partial charge in [0.25, 0.3) is 0 Å². The van der Waals surface area contributed by atoms with Gasteiger partial charge in [0.15, 0.2) is 11.5 Å². The van der Waals surface area contributed by atoms with Gasteiger partial charge in [-0.1, -0.05) is 24.3 Å². The fourth-order valence-electron chi connectivity index (χ4n) is 3.87. The molecule has 7 nitrogen and oxygen atoms in total. The van der Waals surface area contributed by atoms with Crippen molar-refractivity contribution < 1.29 is 22.7 Å². The van der Waals surface area contributed by atoms with E-state index in [1.54, 1.807) is 30.3 Å². The number of ether oxygens (including phenoxy) is 2. The molecule has 0 unspecified atom stereocenters. The van der Waals surface area contributed by atoms with Crippen LogP contribution in [-0.4, -0.2) is 44.9 Å². The molecule has 0 spiro atoms. The summed E-state index contributed by atoms with van der Waals surface area (Å²) in [6, 6.07) is 13.8. The van der Waals surface area contributed by atoms with Crippen LogP contribution in [0, 0.1) is 5.92 Å². The van der Waals surface area contributed by atoms with E-state index in [9.17, 15) is 13.2 Å². The lowest BCUT2D eigenvalue weighted by molar-refractivity contribution is -0.126. The zero-order valence-electron chi connectivity index (χ0n) is 18.9. The van der Waals surface area contributed by atoms with Crippen molar-refractivity contribution in [2.24, 2.45) is 5.92 Å². The second-order valence-electron chi connectivity index (χ2n) is 7.82. The summed E-state index contributed by atoms with van der Waals surface area (Å²) in [6.07, 6.45) is 1.31. The summed E-state index contributed by atoms with van der Waals surface area (Å²) >= 11 is 0. The number of amides is 1. The Morgan fingerprint density at radius 3 is 2.47 bits per heavy atom. The lowest BCUT2D eigenvalue weighted by Crippen LogP contribution is -2.45. The number of nitrogens with one attached hydrogen (secondary N) is 1. The number of rotatable bonds is 9. The predicted octanol–water partition coefficient (Wildman–Crippen LogP) is 3.76. The summed E-state index contributed by atoms with van der Waals surface area (Å²) in [4.78, 5) is 13.2. The van der Waals surface area contributed by atoms with Crippen LogP contribution in [0.5, 0.6) is 11.5 Å². The van der Waals surface area contributed by atoms with Crippen LogP contribution in [0.2, 0.25) is 0 Å². The van der Waals surface area contributed by atoms with Crippen LogP contribution in [0.3, 0.4) is 0 Å². The number of piperidine rings is 1. The Balaban J connectivity index is 1.68. The Hall–Kier alpha value is -2.58. The lowest BCUT2D eigenvalue weighted by atomic mass is 9.98. The Morgan fingerprint density at radius 2 is 1.78 bits per heavy atom. The quantitative estimate of drug-likeness (QED) is 0.616. The molecule has 174 valence electrons. The number of nitrogens with zero attached hydrogens (tertiary/aromatic N) is 1. The van der Waals surface area contributed by atoms with E-state index < -0.39 is 15.9 Å². The van der Waals surface area contributed by atoms with Gasteiger partial charge in [0.1, 0.15) is 0 Å². The van der Waals surface area contributed by atoms with Gasteiger partial charge in [0.05, 0.1) is 30.1 Å². The highest BCUT2D eigenvalue weighted by Gasteiger charge is 2.33. The molecule has 2 aromatic carbocycles. The molecule has 1 aliphatic rings. The monoisotopic (exact) mass is 460 g/mol. The first-order chi connectivity index (χ1) is 15.4. The Labute approximate surface area is 190 Å². The third-order valence-corrected chi connectivity index (χ3v) is 7.44. The average Bonchev–Trinajstić information content (AvgIpc) is 2.81. The van der Waals surface area contributed by atoms with Crippen LogP contribution >= 0.6 is 0 Å². The summed E-state index contributed by atoms with van der Waals surface area (Å²) in [5, 5.41) is 3.04. The molecule has 0 radical (unpaired) electrons. The minimum atomic E-state index is -3.61. The summed E-state index contributed by atoms with van der Waals surface area (Å²) in [5.74, 6) is 0.785. The van der Waals surface area contributed by atoms with Crippen molar-refractivity contribution in [3.8, 4) is 11.5 Å². The molecule has 0 aliphatic carbocycles. The van der Waals surface area contributed by atoms with Crippen LogP contribution < -0.4 is 14.8 Å².